The number of hydrogen-bond donors (Lipinski definition) is 0. The molecule has 0 amide bonds. The number of halogens is 5. The summed E-state index contributed by atoms with van der Waals surface area (Å²) < 4.78 is 43.8. The first kappa shape index (κ1) is 20.6. The molecule has 27 heavy (non-hydrogen) atoms. The van der Waals surface area contributed by atoms with Gasteiger partial charge in [-0.3, -0.25) is 10.1 Å². The molecule has 0 saturated carbocycles. The highest BCUT2D eigenvalue weighted by molar-refractivity contribution is 6.37. The molecule has 2 aromatic rings. The average molecular weight is 417 g/mol. The van der Waals surface area contributed by atoms with Gasteiger partial charge < -0.3 is 4.74 Å². The van der Waals surface area contributed by atoms with Gasteiger partial charge in [0.05, 0.1) is 26.6 Å². The van der Waals surface area contributed by atoms with Crippen LogP contribution in [0.25, 0.3) is 0 Å². The minimum absolute atomic E-state index is 0.0462. The van der Waals surface area contributed by atoms with Crippen molar-refractivity contribution in [1.29, 1.82) is 5.26 Å². The molecule has 2 rings (SSSR count). The topological polar surface area (TPSA) is 76.2 Å². The third-order valence-electron chi connectivity index (χ3n) is 3.36. The van der Waals surface area contributed by atoms with Gasteiger partial charge in [-0.05, 0) is 24.3 Å². The fourth-order valence-corrected chi connectivity index (χ4v) is 2.72. The van der Waals surface area contributed by atoms with Crippen LogP contribution in [0, 0.1) is 21.4 Å². The molecule has 0 spiro atoms. The lowest BCUT2D eigenvalue weighted by atomic mass is 10.0. The monoisotopic (exact) mass is 416 g/mol. The van der Waals surface area contributed by atoms with Crippen LogP contribution in [0.3, 0.4) is 0 Å². The van der Waals surface area contributed by atoms with Crippen molar-refractivity contribution in [2.75, 3.05) is 0 Å². The van der Waals surface area contributed by atoms with Crippen LogP contribution in [0.2, 0.25) is 10.0 Å². The molecule has 0 saturated heterocycles. The fourth-order valence-electron chi connectivity index (χ4n) is 2.15. The Hall–Kier alpha value is -2.76. The normalized spacial score (nSPS) is 11.0. The van der Waals surface area contributed by atoms with Crippen LogP contribution in [0.1, 0.15) is 11.1 Å². The van der Waals surface area contributed by atoms with Crippen molar-refractivity contribution < 1.29 is 22.8 Å². The van der Waals surface area contributed by atoms with Gasteiger partial charge in [0, 0.05) is 23.6 Å². The van der Waals surface area contributed by atoms with Crippen molar-refractivity contribution in [1.82, 2.24) is 0 Å². The van der Waals surface area contributed by atoms with Crippen LogP contribution < -0.4 is 4.74 Å². The Bertz CT molecular complexity index is 946. The Balaban J connectivity index is 2.43. The zero-order valence-corrected chi connectivity index (χ0v) is 14.8. The summed E-state index contributed by atoms with van der Waals surface area (Å²) in [4.78, 5) is 10.5. The summed E-state index contributed by atoms with van der Waals surface area (Å²) in [6, 6.07) is 6.75. The number of hydrogen-bond acceptors (Lipinski definition) is 4. The second kappa shape index (κ2) is 7.86. The molecule has 0 atom stereocenters. The number of alkyl halides is 3. The second-order valence-electron chi connectivity index (χ2n) is 5.31. The van der Waals surface area contributed by atoms with E-state index in [0.29, 0.717) is 12.1 Å². The minimum Gasteiger partial charge on any atom is -0.454 e. The molecule has 0 aromatic heterocycles. The first-order valence-corrected chi connectivity index (χ1v) is 7.87. The largest absolute Gasteiger partial charge is 0.454 e. The van der Waals surface area contributed by atoms with Gasteiger partial charge in [-0.25, -0.2) is 0 Å². The maximum atomic E-state index is 12.8. The third-order valence-corrected chi connectivity index (χ3v) is 3.92. The molecule has 0 N–H and O–H groups in total. The van der Waals surface area contributed by atoms with Crippen LogP contribution in [0.4, 0.5) is 18.9 Å². The van der Waals surface area contributed by atoms with Crippen LogP contribution in [0.5, 0.6) is 11.5 Å². The maximum Gasteiger partial charge on any atom is 0.416 e. The standard InChI is InChI=1S/C17H9Cl2F3N2O3/c1-9(8-23)4-10-5-12(2-3-15(10)24(25)26)27-16-13(18)6-11(7-14(16)19)17(20,21)22/h2-3,5-7H,1,4H2. The van der Waals surface area contributed by atoms with Gasteiger partial charge >= 0.3 is 6.18 Å². The van der Waals surface area contributed by atoms with E-state index in [-0.39, 0.29) is 44.8 Å². The summed E-state index contributed by atoms with van der Waals surface area (Å²) in [5.41, 5.74) is -1.08. The molecular formula is C17H9Cl2F3N2O3. The molecule has 0 aliphatic heterocycles. The van der Waals surface area contributed by atoms with Gasteiger partial charge in [0.1, 0.15) is 5.75 Å². The zero-order valence-electron chi connectivity index (χ0n) is 13.3. The van der Waals surface area contributed by atoms with Crippen molar-refractivity contribution in [3.05, 3.63) is 73.8 Å². The highest BCUT2D eigenvalue weighted by Crippen LogP contribution is 2.42. The van der Waals surface area contributed by atoms with Gasteiger partial charge in [-0.15, -0.1) is 0 Å². The van der Waals surface area contributed by atoms with Crippen molar-refractivity contribution in [2.45, 2.75) is 12.6 Å². The van der Waals surface area contributed by atoms with Gasteiger partial charge in [0.2, 0.25) is 0 Å². The van der Waals surface area contributed by atoms with E-state index in [1.54, 1.807) is 6.07 Å². The Morgan fingerprint density at radius 2 is 1.85 bits per heavy atom. The number of benzene rings is 2. The lowest BCUT2D eigenvalue weighted by molar-refractivity contribution is -0.385. The molecule has 10 heteroatoms. The summed E-state index contributed by atoms with van der Waals surface area (Å²) in [6.07, 6.45) is -4.73. The predicted octanol–water partition coefficient (Wildman–Crippen LogP) is 6.33. The van der Waals surface area contributed by atoms with E-state index in [4.69, 9.17) is 33.2 Å². The number of ether oxygens (including phenoxy) is 1. The van der Waals surface area contributed by atoms with E-state index >= 15 is 0 Å². The molecule has 0 radical (unpaired) electrons. The van der Waals surface area contributed by atoms with Crippen molar-refractivity contribution in [3.63, 3.8) is 0 Å². The summed E-state index contributed by atoms with van der Waals surface area (Å²) in [5, 5.41) is 19.2. The Morgan fingerprint density at radius 1 is 1.26 bits per heavy atom. The number of nitriles is 1. The molecule has 140 valence electrons. The average Bonchev–Trinajstić information content (AvgIpc) is 2.56. The smallest absolute Gasteiger partial charge is 0.416 e. The maximum absolute atomic E-state index is 12.8. The van der Waals surface area contributed by atoms with E-state index in [0.717, 1.165) is 6.07 Å². The number of nitro benzene ring substituents is 1. The van der Waals surface area contributed by atoms with Crippen LogP contribution >= 0.6 is 23.2 Å². The Labute approximate surface area is 161 Å². The molecule has 2 aromatic carbocycles. The van der Waals surface area contributed by atoms with E-state index in [2.05, 4.69) is 6.58 Å². The van der Waals surface area contributed by atoms with Crippen LogP contribution in [0.15, 0.2) is 42.5 Å². The fraction of sp³-hybridized carbons (Fsp3) is 0.118. The molecule has 0 fully saturated rings. The Morgan fingerprint density at radius 3 is 2.33 bits per heavy atom. The molecule has 0 aliphatic carbocycles. The van der Waals surface area contributed by atoms with Crippen molar-refractivity contribution in [2.24, 2.45) is 0 Å². The number of allylic oxidation sites excluding steroid dienone is 1. The number of rotatable bonds is 5. The lowest BCUT2D eigenvalue weighted by Crippen LogP contribution is -2.05. The third kappa shape index (κ3) is 4.90. The van der Waals surface area contributed by atoms with Crippen LogP contribution in [-0.2, 0) is 12.6 Å². The molecule has 0 bridgehead atoms. The van der Waals surface area contributed by atoms with Crippen molar-refractivity contribution >= 4 is 28.9 Å². The number of nitro groups is 1. The van der Waals surface area contributed by atoms with E-state index in [1.165, 1.54) is 12.1 Å². The highest BCUT2D eigenvalue weighted by atomic mass is 35.5. The quantitative estimate of drug-likeness (QED) is 0.323. The first-order valence-electron chi connectivity index (χ1n) is 7.12. The van der Waals surface area contributed by atoms with Crippen LogP contribution in [-0.4, -0.2) is 4.92 Å². The summed E-state index contributed by atoms with van der Waals surface area (Å²) in [6.45, 7) is 3.47. The van der Waals surface area contributed by atoms with Gasteiger partial charge in [0.15, 0.2) is 5.75 Å². The van der Waals surface area contributed by atoms with E-state index < -0.39 is 16.7 Å². The summed E-state index contributed by atoms with van der Waals surface area (Å²) >= 11 is 11.7. The van der Waals surface area contributed by atoms with E-state index in [1.807, 2.05) is 0 Å². The minimum atomic E-state index is -4.63. The SMILES string of the molecule is C=C(C#N)Cc1cc(Oc2c(Cl)cc(C(F)(F)F)cc2Cl)ccc1[N+](=O)[O-]. The molecule has 5 nitrogen and oxygen atoms in total. The predicted molar refractivity (Wildman–Crippen MR) is 93.1 cm³/mol. The Kier molecular flexibility index (Phi) is 5.98. The molecule has 0 unspecified atom stereocenters. The molecule has 0 aliphatic rings. The zero-order chi connectivity index (χ0) is 20.4. The summed E-state index contributed by atoms with van der Waals surface area (Å²) in [7, 11) is 0. The van der Waals surface area contributed by atoms with Gasteiger partial charge in [0.25, 0.3) is 5.69 Å². The second-order valence-corrected chi connectivity index (χ2v) is 6.12. The highest BCUT2D eigenvalue weighted by Gasteiger charge is 2.32. The number of nitrogens with zero attached hydrogens (tertiary/aromatic N) is 2. The summed E-state index contributed by atoms with van der Waals surface area (Å²) in [5.74, 6) is -0.185. The first-order chi connectivity index (χ1) is 12.5. The lowest BCUT2D eigenvalue weighted by Gasteiger charge is -2.14. The van der Waals surface area contributed by atoms with E-state index in [9.17, 15) is 23.3 Å². The van der Waals surface area contributed by atoms with Gasteiger partial charge in [-0.1, -0.05) is 29.8 Å². The molecular weight excluding hydrogens is 408 g/mol. The van der Waals surface area contributed by atoms with Crippen molar-refractivity contribution in [3.8, 4) is 17.6 Å². The van der Waals surface area contributed by atoms with Gasteiger partial charge in [-0.2, -0.15) is 18.4 Å². The molecule has 0 heterocycles.